The number of ether oxygens (including phenoxy) is 1. The van der Waals surface area contributed by atoms with Crippen molar-refractivity contribution in [2.24, 2.45) is 5.92 Å². The van der Waals surface area contributed by atoms with E-state index in [0.29, 0.717) is 55.7 Å². The number of nitrogens with one attached hydrogen (secondary N) is 2. The van der Waals surface area contributed by atoms with Crippen molar-refractivity contribution in [3.8, 4) is 5.75 Å². The molecule has 0 radical (unpaired) electrons. The molecular weight excluding hydrogens is 771 g/mol. The van der Waals surface area contributed by atoms with E-state index in [1.54, 1.807) is 54.6 Å². The van der Waals surface area contributed by atoms with Crippen LogP contribution in [0.3, 0.4) is 0 Å². The zero-order chi connectivity index (χ0) is 40.5. The van der Waals surface area contributed by atoms with E-state index in [4.69, 9.17) is 13.8 Å². The molecule has 3 unspecified atom stereocenters. The van der Waals surface area contributed by atoms with Gasteiger partial charge >= 0.3 is 15.5 Å². The summed E-state index contributed by atoms with van der Waals surface area (Å²) in [4.78, 5) is 29.9. The van der Waals surface area contributed by atoms with Crippen molar-refractivity contribution in [3.05, 3.63) is 96.6 Å². The summed E-state index contributed by atoms with van der Waals surface area (Å²) < 4.78 is 53.4. The quantitative estimate of drug-likeness (QED) is 0.0541. The van der Waals surface area contributed by atoms with E-state index < -0.39 is 23.0 Å². The van der Waals surface area contributed by atoms with Crippen LogP contribution in [0.15, 0.2) is 91.0 Å². The van der Waals surface area contributed by atoms with Crippen LogP contribution in [0.25, 0.3) is 0 Å². The number of unbranched alkanes of at least 4 members (excludes halogenated alkanes) is 1. The number of hydrogen-bond acceptors (Lipinski definition) is 6. The fourth-order valence-corrected chi connectivity index (χ4v) is 11.0. The van der Waals surface area contributed by atoms with Gasteiger partial charge in [0.2, 0.25) is 0 Å². The number of anilines is 1. The molecule has 314 valence electrons. The van der Waals surface area contributed by atoms with Crippen LogP contribution in [0.4, 0.5) is 5.69 Å². The molecule has 15 heteroatoms. The molecule has 12 nitrogen and oxygen atoms in total. The van der Waals surface area contributed by atoms with Crippen molar-refractivity contribution < 1.29 is 42.2 Å². The second kappa shape index (κ2) is 26.6. The standard InChI is InChI=1S/C17H34NO2P.C12H20NO4P.C12H12NO3P/c1-2-3-14-18(17-12-8-5-9-13-17)21(19,20)15-16-10-6-4-7-11-16;1-2-16-11-9-13-18(14,15)17-10-8-12-6-4-3-5-7-12;14-17(15,13-11-7-3-1-4-8-11)16-12-9-5-2-6-10-12/h16-17H,2-15H2,1H3,(H,19,20);3-7H,2,8-11H2,1H3,(H2,13,14,15);1-10H,(H2,13,14,15). The van der Waals surface area contributed by atoms with Crippen LogP contribution in [0.5, 0.6) is 5.75 Å². The summed E-state index contributed by atoms with van der Waals surface area (Å²) in [6.45, 7) is 6.35. The summed E-state index contributed by atoms with van der Waals surface area (Å²) in [6, 6.07) is 27.3. The number of para-hydroxylation sites is 2. The van der Waals surface area contributed by atoms with Gasteiger partial charge in [0.15, 0.2) is 0 Å². The highest BCUT2D eigenvalue weighted by atomic mass is 31.2. The minimum atomic E-state index is -3.89. The van der Waals surface area contributed by atoms with Crippen molar-refractivity contribution >= 4 is 28.7 Å². The first-order chi connectivity index (χ1) is 26.9. The van der Waals surface area contributed by atoms with Crippen molar-refractivity contribution in [2.75, 3.05) is 44.2 Å². The van der Waals surface area contributed by atoms with Gasteiger partial charge in [-0.05, 0) is 81.2 Å². The van der Waals surface area contributed by atoms with Gasteiger partial charge < -0.3 is 19.0 Å². The second-order valence-electron chi connectivity index (χ2n) is 14.3. The molecule has 3 aromatic rings. The van der Waals surface area contributed by atoms with Gasteiger partial charge in [0.25, 0.3) is 7.52 Å². The van der Waals surface area contributed by atoms with Gasteiger partial charge in [0.1, 0.15) is 5.75 Å². The first kappa shape index (κ1) is 48.0. The van der Waals surface area contributed by atoms with Gasteiger partial charge in [-0.2, -0.15) is 0 Å². The van der Waals surface area contributed by atoms with Crippen LogP contribution >= 0.6 is 23.0 Å². The van der Waals surface area contributed by atoms with Gasteiger partial charge in [0, 0.05) is 37.6 Å². The molecule has 3 atom stereocenters. The maximum absolute atomic E-state index is 13.1. The molecule has 0 bridgehead atoms. The fourth-order valence-electron chi connectivity index (χ4n) is 6.81. The Kier molecular flexibility index (Phi) is 22.8. The molecule has 2 fully saturated rings. The summed E-state index contributed by atoms with van der Waals surface area (Å²) in [6.07, 6.45) is 15.5. The normalized spacial score (nSPS) is 18.2. The average Bonchev–Trinajstić information content (AvgIpc) is 3.18. The van der Waals surface area contributed by atoms with E-state index in [9.17, 15) is 28.4 Å². The third kappa shape index (κ3) is 20.4. The molecule has 5 N–H and O–H groups in total. The Hall–Kier alpha value is -2.33. The van der Waals surface area contributed by atoms with Gasteiger partial charge in [0.05, 0.1) is 13.2 Å². The Morgan fingerprint density at radius 2 is 1.29 bits per heavy atom. The van der Waals surface area contributed by atoms with E-state index in [1.165, 1.54) is 38.5 Å². The van der Waals surface area contributed by atoms with Crippen molar-refractivity contribution in [1.82, 2.24) is 9.76 Å². The molecule has 0 amide bonds. The van der Waals surface area contributed by atoms with Crippen LogP contribution in [0.1, 0.15) is 96.5 Å². The summed E-state index contributed by atoms with van der Waals surface area (Å²) in [5.74, 6) is 0.837. The average molecular weight is 838 g/mol. The number of rotatable bonds is 20. The van der Waals surface area contributed by atoms with Gasteiger partial charge in [-0.15, -0.1) is 0 Å². The SMILES string of the molecule is CCCCN(C1CCCCC1)P(=O)(O)CC1CCCCC1.CCOCCNP(=O)(O)OCCc1ccccc1.O=P(O)(Nc1ccccc1)Oc1ccccc1. The van der Waals surface area contributed by atoms with E-state index in [0.717, 1.165) is 50.6 Å². The highest BCUT2D eigenvalue weighted by molar-refractivity contribution is 7.55. The highest BCUT2D eigenvalue weighted by Crippen LogP contribution is 2.52. The Bertz CT molecular complexity index is 1550. The molecule has 0 heterocycles. The summed E-state index contributed by atoms with van der Waals surface area (Å²) in [7, 11) is -10.7. The molecule has 5 rings (SSSR count). The third-order valence-electron chi connectivity index (χ3n) is 9.64. The molecule has 0 aromatic heterocycles. The second-order valence-corrected chi connectivity index (χ2v) is 19.5. The Balaban J connectivity index is 0.000000227. The topological polar surface area (TPSA) is 167 Å². The zero-order valence-electron chi connectivity index (χ0n) is 33.3. The first-order valence-electron chi connectivity index (χ1n) is 20.3. The molecule has 0 spiro atoms. The summed E-state index contributed by atoms with van der Waals surface area (Å²) >= 11 is 0. The number of benzene rings is 3. The van der Waals surface area contributed by atoms with Crippen LogP contribution in [-0.4, -0.2) is 64.5 Å². The number of hydrogen-bond donors (Lipinski definition) is 5. The molecule has 0 saturated heterocycles. The van der Waals surface area contributed by atoms with Crippen molar-refractivity contribution in [3.63, 3.8) is 0 Å². The minimum Gasteiger partial charge on any atom is -0.409 e. The van der Waals surface area contributed by atoms with Crippen molar-refractivity contribution in [1.29, 1.82) is 0 Å². The molecule has 2 aliphatic carbocycles. The molecular formula is C41H66N3O9P3. The zero-order valence-corrected chi connectivity index (χ0v) is 36.0. The van der Waals surface area contributed by atoms with Crippen LogP contribution < -0.4 is 14.7 Å². The number of nitrogens with zero attached hydrogens (tertiary/aromatic N) is 1. The van der Waals surface area contributed by atoms with Crippen LogP contribution in [-0.2, 0) is 29.4 Å². The predicted molar refractivity (Wildman–Crippen MR) is 227 cm³/mol. The Labute approximate surface area is 335 Å². The van der Waals surface area contributed by atoms with E-state index in [1.807, 2.05) is 48.0 Å². The Morgan fingerprint density at radius 1 is 0.714 bits per heavy atom. The van der Waals surface area contributed by atoms with Crippen LogP contribution in [0, 0.1) is 5.92 Å². The van der Waals surface area contributed by atoms with Gasteiger partial charge in [-0.1, -0.05) is 119 Å². The third-order valence-corrected chi connectivity index (χ3v) is 14.1. The monoisotopic (exact) mass is 837 g/mol. The Morgan fingerprint density at radius 3 is 1.88 bits per heavy atom. The molecule has 56 heavy (non-hydrogen) atoms. The van der Waals surface area contributed by atoms with Gasteiger partial charge in [-0.25, -0.2) is 18.9 Å². The lowest BCUT2D eigenvalue weighted by molar-refractivity contribution is 0.149. The maximum Gasteiger partial charge on any atom is 0.483 e. The molecule has 2 aliphatic rings. The fraction of sp³-hybridized carbons (Fsp3) is 0.561. The largest absolute Gasteiger partial charge is 0.483 e. The van der Waals surface area contributed by atoms with Crippen molar-refractivity contribution in [2.45, 2.75) is 103 Å². The lowest BCUT2D eigenvalue weighted by Crippen LogP contribution is -2.36. The first-order valence-corrected chi connectivity index (χ1v) is 25.2. The maximum atomic E-state index is 13.1. The highest BCUT2D eigenvalue weighted by Gasteiger charge is 2.36. The predicted octanol–water partition coefficient (Wildman–Crippen LogP) is 10.4. The van der Waals surface area contributed by atoms with E-state index in [2.05, 4.69) is 17.1 Å². The summed E-state index contributed by atoms with van der Waals surface area (Å²) in [5.41, 5.74) is 1.61. The molecule has 0 aliphatic heterocycles. The van der Waals surface area contributed by atoms with E-state index >= 15 is 0 Å². The smallest absolute Gasteiger partial charge is 0.409 e. The molecule has 2 saturated carbocycles. The minimum absolute atomic E-state index is 0.208. The summed E-state index contributed by atoms with van der Waals surface area (Å²) in [5, 5.41) is 4.90. The lowest BCUT2D eigenvalue weighted by atomic mass is 9.91. The van der Waals surface area contributed by atoms with E-state index in [-0.39, 0.29) is 6.61 Å². The van der Waals surface area contributed by atoms with Gasteiger partial charge in [-0.3, -0.25) is 19.1 Å². The lowest BCUT2D eigenvalue weighted by Gasteiger charge is -2.38. The molecule has 3 aromatic carbocycles. The van der Waals surface area contributed by atoms with Crippen LogP contribution in [0.2, 0.25) is 0 Å².